The molecule has 0 spiro atoms. The Balaban J connectivity index is 1.30. The van der Waals surface area contributed by atoms with Crippen LogP contribution in [0.3, 0.4) is 0 Å². The number of thiophene rings is 1. The third-order valence-electron chi connectivity index (χ3n) is 7.10. The van der Waals surface area contributed by atoms with Crippen LogP contribution >= 0.6 is 11.3 Å². The fourth-order valence-corrected chi connectivity index (χ4v) is 6.89. The van der Waals surface area contributed by atoms with Crippen LogP contribution in [0.25, 0.3) is 10.2 Å². The highest BCUT2D eigenvalue weighted by Gasteiger charge is 2.34. The molecule has 168 valence electrons. The molecule has 1 aliphatic heterocycles. The van der Waals surface area contributed by atoms with E-state index < -0.39 is 0 Å². The molecule has 0 unspecified atom stereocenters. The van der Waals surface area contributed by atoms with E-state index >= 15 is 0 Å². The van der Waals surface area contributed by atoms with Crippen LogP contribution in [0.1, 0.15) is 54.9 Å². The average Bonchev–Trinajstić information content (AvgIpc) is 3.34. The predicted molar refractivity (Wildman–Crippen MR) is 118 cm³/mol. The largest absolute Gasteiger partial charge is 0.490 e. The Hall–Kier alpha value is -1.77. The van der Waals surface area contributed by atoms with Crippen LogP contribution in [0.15, 0.2) is 12.3 Å². The second-order valence-corrected chi connectivity index (χ2v) is 10.1. The first-order valence-electron chi connectivity index (χ1n) is 11.4. The summed E-state index contributed by atoms with van der Waals surface area (Å²) in [7, 11) is 0. The highest BCUT2D eigenvalue weighted by molar-refractivity contribution is 7.19. The first-order chi connectivity index (χ1) is 15.1. The fourth-order valence-electron chi connectivity index (χ4n) is 5.63. The van der Waals surface area contributed by atoms with E-state index in [1.54, 1.807) is 11.3 Å². The number of ether oxygens (including phenoxy) is 2. The van der Waals surface area contributed by atoms with Gasteiger partial charge in [0.15, 0.2) is 0 Å². The third-order valence-corrected chi connectivity index (χ3v) is 8.27. The number of halogens is 1. The van der Waals surface area contributed by atoms with Gasteiger partial charge in [0.25, 0.3) is 0 Å². The van der Waals surface area contributed by atoms with E-state index in [0.29, 0.717) is 25.7 Å². The monoisotopic (exact) mass is 447 g/mol. The molecule has 2 fully saturated rings. The lowest BCUT2D eigenvalue weighted by Gasteiger charge is -2.42. The average molecular weight is 448 g/mol. The van der Waals surface area contributed by atoms with Gasteiger partial charge in [0.05, 0.1) is 30.7 Å². The Morgan fingerprint density at radius 3 is 2.94 bits per heavy atom. The van der Waals surface area contributed by atoms with E-state index in [4.69, 9.17) is 15.2 Å². The summed E-state index contributed by atoms with van der Waals surface area (Å²) in [6, 6.07) is 2.27. The zero-order valence-corrected chi connectivity index (χ0v) is 18.5. The zero-order valence-electron chi connectivity index (χ0n) is 17.7. The number of rotatable bonds is 6. The zero-order chi connectivity index (χ0) is 21.4. The van der Waals surface area contributed by atoms with Crippen LogP contribution in [0.2, 0.25) is 0 Å². The lowest BCUT2D eigenvalue weighted by molar-refractivity contribution is -0.118. The van der Waals surface area contributed by atoms with Gasteiger partial charge in [0, 0.05) is 30.1 Å². The maximum Gasteiger partial charge on any atom is 0.218 e. The smallest absolute Gasteiger partial charge is 0.218 e. The van der Waals surface area contributed by atoms with Crippen molar-refractivity contribution in [2.45, 2.75) is 69.1 Å². The number of fused-ring (bicyclic) bond motifs is 3. The molecule has 0 radical (unpaired) electrons. The molecule has 2 aromatic rings. The summed E-state index contributed by atoms with van der Waals surface area (Å²) < 4.78 is 25.4. The normalized spacial score (nSPS) is 29.2. The van der Waals surface area contributed by atoms with Crippen molar-refractivity contribution >= 4 is 27.5 Å². The molecule has 3 heterocycles. The van der Waals surface area contributed by atoms with E-state index in [0.717, 1.165) is 61.0 Å². The molecule has 2 aromatic heterocycles. The van der Waals surface area contributed by atoms with Crippen molar-refractivity contribution in [3.05, 3.63) is 22.7 Å². The van der Waals surface area contributed by atoms with Gasteiger partial charge in [-0.05, 0) is 56.1 Å². The number of aryl methyl sites for hydroxylation is 1. The number of nitrogens with zero attached hydrogens (tertiary/aromatic N) is 2. The van der Waals surface area contributed by atoms with Crippen molar-refractivity contribution in [3.8, 4) is 5.75 Å². The van der Waals surface area contributed by atoms with E-state index in [1.165, 1.54) is 10.4 Å². The van der Waals surface area contributed by atoms with Gasteiger partial charge in [-0.25, -0.2) is 9.37 Å². The van der Waals surface area contributed by atoms with E-state index in [9.17, 15) is 9.18 Å². The maximum atomic E-state index is 13.4. The number of hydrogen-bond donors (Lipinski definition) is 1. The molecule has 6 nitrogen and oxygen atoms in total. The maximum absolute atomic E-state index is 13.4. The molecule has 2 N–H and O–H groups in total. The molecule has 31 heavy (non-hydrogen) atoms. The number of carbonyl (C=O) groups is 1. The molecule has 2 aliphatic carbocycles. The SMILES string of the molecule is NC(=O)C[C@H]1CCc2sc3nccc(OC4CCC(N5CCOC[C@H]5CF)CC4)c3c21. The molecule has 0 aromatic carbocycles. The van der Waals surface area contributed by atoms with Crippen LogP contribution < -0.4 is 10.5 Å². The number of alkyl halides is 1. The van der Waals surface area contributed by atoms with Crippen molar-refractivity contribution in [2.75, 3.05) is 26.4 Å². The van der Waals surface area contributed by atoms with Gasteiger partial charge in [0.2, 0.25) is 5.91 Å². The van der Waals surface area contributed by atoms with Gasteiger partial charge in [-0.15, -0.1) is 11.3 Å². The second-order valence-electron chi connectivity index (χ2n) is 9.00. The van der Waals surface area contributed by atoms with Crippen LogP contribution in [-0.2, 0) is 16.0 Å². The number of hydrogen-bond acceptors (Lipinski definition) is 6. The Morgan fingerprint density at radius 2 is 2.16 bits per heavy atom. The van der Waals surface area contributed by atoms with Crippen molar-refractivity contribution in [3.63, 3.8) is 0 Å². The summed E-state index contributed by atoms with van der Waals surface area (Å²) in [5, 5.41) is 1.08. The molecule has 1 saturated heterocycles. The molecule has 8 heteroatoms. The molecule has 2 atom stereocenters. The topological polar surface area (TPSA) is 77.7 Å². The number of pyridine rings is 1. The summed E-state index contributed by atoms with van der Waals surface area (Å²) in [5.41, 5.74) is 6.74. The van der Waals surface area contributed by atoms with Gasteiger partial charge < -0.3 is 15.2 Å². The summed E-state index contributed by atoms with van der Waals surface area (Å²) in [4.78, 5) is 20.8. The number of amides is 1. The summed E-state index contributed by atoms with van der Waals surface area (Å²) in [6.07, 6.45) is 8.25. The van der Waals surface area contributed by atoms with E-state index in [1.807, 2.05) is 12.3 Å². The Bertz CT molecular complexity index is 944. The highest BCUT2D eigenvalue weighted by atomic mass is 32.1. The number of aromatic nitrogens is 1. The quantitative estimate of drug-likeness (QED) is 0.733. The third kappa shape index (κ3) is 4.17. The molecule has 0 bridgehead atoms. The van der Waals surface area contributed by atoms with Crippen molar-refractivity contribution in [1.29, 1.82) is 0 Å². The van der Waals surface area contributed by atoms with Gasteiger partial charge in [-0.3, -0.25) is 9.69 Å². The Kier molecular flexibility index (Phi) is 6.12. The molecular weight excluding hydrogens is 417 g/mol. The van der Waals surface area contributed by atoms with E-state index in [-0.39, 0.29) is 30.6 Å². The summed E-state index contributed by atoms with van der Waals surface area (Å²) in [5.74, 6) is 0.800. The minimum Gasteiger partial charge on any atom is -0.490 e. The van der Waals surface area contributed by atoms with Crippen LogP contribution in [0.5, 0.6) is 5.75 Å². The van der Waals surface area contributed by atoms with Gasteiger partial charge >= 0.3 is 0 Å². The second kappa shape index (κ2) is 9.00. The van der Waals surface area contributed by atoms with Crippen LogP contribution in [0.4, 0.5) is 4.39 Å². The molecule has 1 amide bonds. The summed E-state index contributed by atoms with van der Waals surface area (Å²) >= 11 is 1.72. The first-order valence-corrected chi connectivity index (χ1v) is 12.2. The summed E-state index contributed by atoms with van der Waals surface area (Å²) in [6.45, 7) is 1.66. The minimum absolute atomic E-state index is 0.105. The number of nitrogens with two attached hydrogens (primary N) is 1. The van der Waals surface area contributed by atoms with Crippen molar-refractivity contribution < 1.29 is 18.7 Å². The molecular formula is C23H30FN3O3S. The van der Waals surface area contributed by atoms with E-state index in [2.05, 4.69) is 9.88 Å². The van der Waals surface area contributed by atoms with Crippen LogP contribution in [0, 0.1) is 0 Å². The lowest BCUT2D eigenvalue weighted by Crippen LogP contribution is -2.53. The molecule has 1 saturated carbocycles. The van der Waals surface area contributed by atoms with Crippen LogP contribution in [-0.4, -0.2) is 60.4 Å². The number of primary amides is 1. The standard InChI is InChI=1S/C23H30FN3O3S/c24-12-16-13-29-10-9-27(16)15-2-4-17(5-3-15)30-18-7-8-26-23-22(18)21-14(11-20(25)28)1-6-19(21)31-23/h7-8,14-17H,1-6,9-13H2,(H2,25,28)/t14-,15?,16-,17?/m1/s1. The predicted octanol–water partition coefficient (Wildman–Crippen LogP) is 3.56. The highest BCUT2D eigenvalue weighted by Crippen LogP contribution is 2.48. The lowest BCUT2D eigenvalue weighted by atomic mass is 9.90. The first kappa shape index (κ1) is 21.1. The number of carbonyl (C=O) groups excluding carboxylic acids is 1. The fraction of sp³-hybridized carbons (Fsp3) is 0.652. The minimum atomic E-state index is -0.346. The Morgan fingerprint density at radius 1 is 1.32 bits per heavy atom. The Labute approximate surface area is 185 Å². The van der Waals surface area contributed by atoms with Gasteiger partial charge in [-0.2, -0.15) is 0 Å². The van der Waals surface area contributed by atoms with Crippen molar-refractivity contribution in [2.24, 2.45) is 5.73 Å². The van der Waals surface area contributed by atoms with Gasteiger partial charge in [-0.1, -0.05) is 0 Å². The van der Waals surface area contributed by atoms with Crippen molar-refractivity contribution in [1.82, 2.24) is 9.88 Å². The van der Waals surface area contributed by atoms with Gasteiger partial charge in [0.1, 0.15) is 17.3 Å². The molecule has 5 rings (SSSR count). The molecule has 3 aliphatic rings. The number of morpholine rings is 1.